The molecule has 1 N–H and O–H groups in total. The summed E-state index contributed by atoms with van der Waals surface area (Å²) < 4.78 is 42.9. The van der Waals surface area contributed by atoms with Gasteiger partial charge in [-0.3, -0.25) is 0 Å². The summed E-state index contributed by atoms with van der Waals surface area (Å²) in [7, 11) is -3.27. The fourth-order valence-corrected chi connectivity index (χ4v) is 3.74. The quantitative estimate of drug-likeness (QED) is 0.793. The number of oxazole rings is 1. The van der Waals surface area contributed by atoms with Crippen molar-refractivity contribution in [1.29, 1.82) is 0 Å². The third kappa shape index (κ3) is 4.84. The highest BCUT2D eigenvalue weighted by molar-refractivity contribution is 7.89. The maximum Gasteiger partial charge on any atom is 0.211 e. The molecular weight excluding hydrogens is 356 g/mol. The van der Waals surface area contributed by atoms with Gasteiger partial charge in [0.2, 0.25) is 10.0 Å². The van der Waals surface area contributed by atoms with E-state index in [9.17, 15) is 8.42 Å². The molecule has 0 radical (unpaired) electrons. The SMILES string of the molecule is CCS(=O)(=O)N[C@H]1COCC[C@@H]1COc1ccc(-c2coc(C)n2)cc1. The number of nitrogens with zero attached hydrogens (tertiary/aromatic N) is 1. The van der Waals surface area contributed by atoms with Crippen LogP contribution in [0.3, 0.4) is 0 Å². The normalized spacial score (nSPS) is 20.8. The standard InChI is InChI=1S/C18H24N2O5S/c1-3-26(21,22)20-18-11-23-9-8-15(18)10-25-16-6-4-14(5-7-16)17-12-24-13(2)19-17/h4-7,12,15,18,20H,3,8-11H2,1-2H3/t15-,18+/m1/s1. The average Bonchev–Trinajstić information content (AvgIpc) is 3.07. The summed E-state index contributed by atoms with van der Waals surface area (Å²) in [5.74, 6) is 1.49. The first kappa shape index (κ1) is 18.9. The highest BCUT2D eigenvalue weighted by Gasteiger charge is 2.29. The van der Waals surface area contributed by atoms with E-state index in [2.05, 4.69) is 9.71 Å². The molecule has 0 bridgehead atoms. The topological polar surface area (TPSA) is 90.7 Å². The van der Waals surface area contributed by atoms with Gasteiger partial charge in [0.05, 0.1) is 25.0 Å². The Morgan fingerprint density at radius 2 is 2.08 bits per heavy atom. The van der Waals surface area contributed by atoms with Gasteiger partial charge >= 0.3 is 0 Å². The van der Waals surface area contributed by atoms with E-state index in [0.717, 1.165) is 23.4 Å². The molecule has 1 aliphatic heterocycles. The van der Waals surface area contributed by atoms with Gasteiger partial charge in [-0.15, -0.1) is 0 Å². The molecule has 0 amide bonds. The molecule has 7 nitrogen and oxygen atoms in total. The van der Waals surface area contributed by atoms with Gasteiger partial charge in [0.1, 0.15) is 17.7 Å². The van der Waals surface area contributed by atoms with Crippen molar-refractivity contribution >= 4 is 10.0 Å². The van der Waals surface area contributed by atoms with E-state index in [4.69, 9.17) is 13.9 Å². The van der Waals surface area contributed by atoms with Crippen molar-refractivity contribution in [2.75, 3.05) is 25.6 Å². The van der Waals surface area contributed by atoms with Crippen molar-refractivity contribution in [1.82, 2.24) is 9.71 Å². The van der Waals surface area contributed by atoms with E-state index in [-0.39, 0.29) is 17.7 Å². The number of hydrogen-bond donors (Lipinski definition) is 1. The van der Waals surface area contributed by atoms with E-state index in [1.165, 1.54) is 0 Å². The summed E-state index contributed by atoms with van der Waals surface area (Å²) >= 11 is 0. The molecule has 2 heterocycles. The molecule has 142 valence electrons. The van der Waals surface area contributed by atoms with E-state index in [1.807, 2.05) is 24.3 Å². The number of aromatic nitrogens is 1. The first-order valence-corrected chi connectivity index (χ1v) is 10.3. The van der Waals surface area contributed by atoms with Crippen LogP contribution in [0.2, 0.25) is 0 Å². The monoisotopic (exact) mass is 380 g/mol. The lowest BCUT2D eigenvalue weighted by molar-refractivity contribution is 0.0274. The molecule has 0 saturated carbocycles. The predicted molar refractivity (Wildman–Crippen MR) is 97.5 cm³/mol. The number of hydrogen-bond acceptors (Lipinski definition) is 6. The molecule has 1 saturated heterocycles. The molecule has 1 fully saturated rings. The molecule has 0 unspecified atom stereocenters. The first-order valence-electron chi connectivity index (χ1n) is 8.70. The van der Waals surface area contributed by atoms with Crippen molar-refractivity contribution in [2.45, 2.75) is 26.3 Å². The highest BCUT2D eigenvalue weighted by Crippen LogP contribution is 2.23. The molecule has 2 aromatic rings. The molecule has 1 aromatic carbocycles. The molecular formula is C18H24N2O5S. The van der Waals surface area contributed by atoms with Crippen molar-refractivity contribution < 1.29 is 22.3 Å². The van der Waals surface area contributed by atoms with Gasteiger partial charge in [-0.05, 0) is 37.6 Å². The molecule has 2 atom stereocenters. The predicted octanol–water partition coefficient (Wildman–Crippen LogP) is 2.37. The molecule has 8 heteroatoms. The first-order chi connectivity index (χ1) is 12.5. The highest BCUT2D eigenvalue weighted by atomic mass is 32.2. The van der Waals surface area contributed by atoms with Crippen LogP contribution in [-0.2, 0) is 14.8 Å². The maximum atomic E-state index is 11.8. The van der Waals surface area contributed by atoms with Gasteiger partial charge in [0, 0.05) is 25.0 Å². The van der Waals surface area contributed by atoms with Gasteiger partial charge in [0.25, 0.3) is 0 Å². The Labute approximate surface area is 153 Å². The summed E-state index contributed by atoms with van der Waals surface area (Å²) in [6.07, 6.45) is 2.38. The molecule has 0 aliphatic carbocycles. The summed E-state index contributed by atoms with van der Waals surface area (Å²) in [5, 5.41) is 0. The Morgan fingerprint density at radius 3 is 2.73 bits per heavy atom. The second-order valence-electron chi connectivity index (χ2n) is 6.34. The van der Waals surface area contributed by atoms with Gasteiger partial charge in [-0.1, -0.05) is 0 Å². The third-order valence-electron chi connectivity index (χ3n) is 4.44. The van der Waals surface area contributed by atoms with E-state index >= 15 is 0 Å². The van der Waals surface area contributed by atoms with Crippen molar-refractivity contribution in [3.05, 3.63) is 36.4 Å². The Kier molecular flexibility index (Phi) is 5.95. The van der Waals surface area contributed by atoms with Crippen LogP contribution < -0.4 is 9.46 Å². The Balaban J connectivity index is 1.60. The van der Waals surface area contributed by atoms with Gasteiger partial charge < -0.3 is 13.9 Å². The van der Waals surface area contributed by atoms with Gasteiger partial charge in [-0.25, -0.2) is 18.1 Å². The molecule has 1 aliphatic rings. The van der Waals surface area contributed by atoms with Crippen LogP contribution in [-0.4, -0.2) is 45.0 Å². The lowest BCUT2D eigenvalue weighted by Crippen LogP contribution is -2.48. The van der Waals surface area contributed by atoms with Crippen molar-refractivity contribution in [3.63, 3.8) is 0 Å². The van der Waals surface area contributed by atoms with Crippen LogP contribution in [0, 0.1) is 12.8 Å². The van der Waals surface area contributed by atoms with E-state index < -0.39 is 10.0 Å². The van der Waals surface area contributed by atoms with Crippen LogP contribution in [0.4, 0.5) is 0 Å². The molecule has 26 heavy (non-hydrogen) atoms. The fourth-order valence-electron chi connectivity index (χ4n) is 2.85. The minimum absolute atomic E-state index is 0.0556. The summed E-state index contributed by atoms with van der Waals surface area (Å²) in [4.78, 5) is 4.30. The van der Waals surface area contributed by atoms with Crippen LogP contribution in [0.1, 0.15) is 19.2 Å². The third-order valence-corrected chi connectivity index (χ3v) is 5.87. The van der Waals surface area contributed by atoms with Crippen molar-refractivity contribution in [3.8, 4) is 17.0 Å². The van der Waals surface area contributed by atoms with Crippen LogP contribution >= 0.6 is 0 Å². The number of nitrogens with one attached hydrogen (secondary N) is 1. The van der Waals surface area contributed by atoms with Crippen LogP contribution in [0.25, 0.3) is 11.3 Å². The second kappa shape index (κ2) is 8.20. The minimum atomic E-state index is -3.27. The summed E-state index contributed by atoms with van der Waals surface area (Å²) in [6.45, 7) is 4.84. The zero-order chi connectivity index (χ0) is 18.6. The lowest BCUT2D eigenvalue weighted by atomic mass is 9.97. The van der Waals surface area contributed by atoms with Gasteiger partial charge in [0.15, 0.2) is 5.89 Å². The Morgan fingerprint density at radius 1 is 1.31 bits per heavy atom. The van der Waals surface area contributed by atoms with Crippen LogP contribution in [0.15, 0.2) is 34.9 Å². The lowest BCUT2D eigenvalue weighted by Gasteiger charge is -2.31. The fraction of sp³-hybridized carbons (Fsp3) is 0.500. The Hall–Kier alpha value is -1.90. The molecule has 3 rings (SSSR count). The van der Waals surface area contributed by atoms with Crippen molar-refractivity contribution in [2.24, 2.45) is 5.92 Å². The summed E-state index contributed by atoms with van der Waals surface area (Å²) in [6, 6.07) is 7.35. The maximum absolute atomic E-state index is 11.8. The number of aryl methyl sites for hydroxylation is 1. The van der Waals surface area contributed by atoms with E-state index in [1.54, 1.807) is 20.1 Å². The number of rotatable bonds is 7. The minimum Gasteiger partial charge on any atom is -0.493 e. The zero-order valence-electron chi connectivity index (χ0n) is 15.0. The largest absolute Gasteiger partial charge is 0.493 e. The average molecular weight is 380 g/mol. The van der Waals surface area contributed by atoms with E-state index in [0.29, 0.717) is 25.7 Å². The zero-order valence-corrected chi connectivity index (χ0v) is 15.8. The second-order valence-corrected chi connectivity index (χ2v) is 8.38. The summed E-state index contributed by atoms with van der Waals surface area (Å²) in [5.41, 5.74) is 1.74. The Bertz CT molecular complexity index is 816. The molecule has 0 spiro atoms. The number of ether oxygens (including phenoxy) is 2. The molecule has 1 aromatic heterocycles. The number of benzene rings is 1. The smallest absolute Gasteiger partial charge is 0.211 e. The van der Waals surface area contributed by atoms with Crippen LogP contribution in [0.5, 0.6) is 5.75 Å². The van der Waals surface area contributed by atoms with Gasteiger partial charge in [-0.2, -0.15) is 0 Å². The number of sulfonamides is 1.